The highest BCUT2D eigenvalue weighted by Crippen LogP contribution is 2.23. The maximum absolute atomic E-state index is 10.2. The van der Waals surface area contributed by atoms with Crippen LogP contribution in [-0.2, 0) is 0 Å². The van der Waals surface area contributed by atoms with Crippen LogP contribution in [0, 0.1) is 17.8 Å². The Balaban J connectivity index is 2.92. The van der Waals surface area contributed by atoms with E-state index in [1.165, 1.54) is 11.1 Å². The average Bonchev–Trinajstić information content (AvgIpc) is 2.37. The van der Waals surface area contributed by atoms with Crippen LogP contribution in [0.4, 0.5) is 0 Å². The van der Waals surface area contributed by atoms with Crippen molar-refractivity contribution in [3.8, 4) is 11.8 Å². The largest absolute Gasteiger partial charge is 0.388 e. The smallest absolute Gasteiger partial charge is 0.121 e. The van der Waals surface area contributed by atoms with E-state index in [4.69, 9.17) is 0 Å². The van der Waals surface area contributed by atoms with Crippen LogP contribution in [0.2, 0.25) is 0 Å². The maximum atomic E-state index is 10.2. The molecule has 0 aromatic rings. The first-order chi connectivity index (χ1) is 9.90. The molecule has 0 saturated carbocycles. The van der Waals surface area contributed by atoms with Gasteiger partial charge in [0.1, 0.15) is 6.10 Å². The molecule has 2 N–H and O–H groups in total. The summed E-state index contributed by atoms with van der Waals surface area (Å²) in [5.41, 5.74) is 3.49. The third kappa shape index (κ3) is 6.80. The van der Waals surface area contributed by atoms with Crippen molar-refractivity contribution in [1.82, 2.24) is 0 Å². The minimum Gasteiger partial charge on any atom is -0.388 e. The van der Waals surface area contributed by atoms with Crippen molar-refractivity contribution in [3.63, 3.8) is 0 Å². The molecule has 0 heterocycles. The first kappa shape index (κ1) is 17.8. The van der Waals surface area contributed by atoms with Crippen molar-refractivity contribution in [2.75, 3.05) is 0 Å². The Morgan fingerprint density at radius 3 is 2.62 bits per heavy atom. The van der Waals surface area contributed by atoms with Gasteiger partial charge in [-0.25, -0.2) is 0 Å². The van der Waals surface area contributed by atoms with Gasteiger partial charge < -0.3 is 10.2 Å². The van der Waals surface area contributed by atoms with Gasteiger partial charge in [-0.15, -0.1) is 0 Å². The molecule has 1 aliphatic rings. The molecule has 0 spiro atoms. The Morgan fingerprint density at radius 1 is 1.24 bits per heavy atom. The highest BCUT2D eigenvalue weighted by molar-refractivity contribution is 5.16. The molecule has 1 rings (SSSR count). The summed E-state index contributed by atoms with van der Waals surface area (Å²) in [5, 5.41) is 20.1. The monoisotopic (exact) mass is 288 g/mol. The summed E-state index contributed by atoms with van der Waals surface area (Å²) in [7, 11) is 0. The SMILES string of the molecule is C=C(C)C1CC/C(C)=C/CC/C(C)=C/[C@H](O)CC#C[C@@H]1O. The second-order valence-corrected chi connectivity index (χ2v) is 6.13. The van der Waals surface area contributed by atoms with E-state index in [-0.39, 0.29) is 5.92 Å². The summed E-state index contributed by atoms with van der Waals surface area (Å²) >= 11 is 0. The quantitative estimate of drug-likeness (QED) is 0.570. The number of aliphatic hydroxyl groups excluding tert-OH is 2. The number of hydrogen-bond acceptors (Lipinski definition) is 2. The minimum atomic E-state index is -0.699. The highest BCUT2D eigenvalue weighted by atomic mass is 16.3. The Morgan fingerprint density at radius 2 is 1.95 bits per heavy atom. The van der Waals surface area contributed by atoms with Gasteiger partial charge in [-0.05, 0) is 46.5 Å². The van der Waals surface area contributed by atoms with E-state index in [1.807, 2.05) is 19.9 Å². The van der Waals surface area contributed by atoms with Crippen LogP contribution in [0.1, 0.15) is 52.9 Å². The predicted molar refractivity (Wildman–Crippen MR) is 88.7 cm³/mol. The molecule has 0 aliphatic heterocycles. The molecule has 0 amide bonds. The molecule has 1 unspecified atom stereocenters. The van der Waals surface area contributed by atoms with Gasteiger partial charge in [0.05, 0.1) is 6.10 Å². The Bertz CT molecular complexity index is 474. The number of rotatable bonds is 1. The van der Waals surface area contributed by atoms with E-state index in [0.717, 1.165) is 31.3 Å². The van der Waals surface area contributed by atoms with Crippen molar-refractivity contribution in [1.29, 1.82) is 0 Å². The van der Waals surface area contributed by atoms with Crippen molar-refractivity contribution in [3.05, 3.63) is 35.5 Å². The summed E-state index contributed by atoms with van der Waals surface area (Å²) < 4.78 is 0. The summed E-state index contributed by atoms with van der Waals surface area (Å²) in [6.07, 6.45) is 7.02. The summed E-state index contributed by atoms with van der Waals surface area (Å²) in [4.78, 5) is 0. The predicted octanol–water partition coefficient (Wildman–Crippen LogP) is 3.76. The first-order valence-electron chi connectivity index (χ1n) is 7.73. The molecular weight excluding hydrogens is 260 g/mol. The van der Waals surface area contributed by atoms with Gasteiger partial charge in [0, 0.05) is 12.3 Å². The number of aliphatic hydroxyl groups is 2. The van der Waals surface area contributed by atoms with E-state index in [9.17, 15) is 10.2 Å². The third-order valence-electron chi connectivity index (χ3n) is 3.93. The lowest BCUT2D eigenvalue weighted by Crippen LogP contribution is -2.20. The number of hydrogen-bond donors (Lipinski definition) is 2. The molecule has 0 fully saturated rings. The van der Waals surface area contributed by atoms with E-state index in [2.05, 4.69) is 31.4 Å². The normalized spacial score (nSPS) is 33.5. The molecule has 0 radical (unpaired) electrons. The van der Waals surface area contributed by atoms with Crippen molar-refractivity contribution in [2.24, 2.45) is 5.92 Å². The van der Waals surface area contributed by atoms with E-state index < -0.39 is 12.2 Å². The lowest BCUT2D eigenvalue weighted by Gasteiger charge is -2.20. The zero-order valence-corrected chi connectivity index (χ0v) is 13.5. The standard InChI is InChI=1S/C19H28O2/c1-14(2)18-12-11-15(3)7-5-8-16(4)13-17(20)9-6-10-19(18)21/h7,13,17-21H,1,5,8-9,11-12H2,2-4H3/b15-7+,16-13+/t17-,18?,19+/m1/s1. The van der Waals surface area contributed by atoms with Crippen LogP contribution >= 0.6 is 0 Å². The van der Waals surface area contributed by atoms with Gasteiger partial charge in [-0.3, -0.25) is 0 Å². The fraction of sp³-hybridized carbons (Fsp3) is 0.579. The van der Waals surface area contributed by atoms with Crippen LogP contribution in [0.5, 0.6) is 0 Å². The number of allylic oxidation sites excluding steroid dienone is 3. The van der Waals surface area contributed by atoms with Gasteiger partial charge in [0.25, 0.3) is 0 Å². The second-order valence-electron chi connectivity index (χ2n) is 6.13. The molecule has 116 valence electrons. The van der Waals surface area contributed by atoms with E-state index >= 15 is 0 Å². The van der Waals surface area contributed by atoms with Crippen molar-refractivity contribution >= 4 is 0 Å². The first-order valence-corrected chi connectivity index (χ1v) is 7.73. The molecule has 2 heteroatoms. The lowest BCUT2D eigenvalue weighted by molar-refractivity contribution is 0.174. The van der Waals surface area contributed by atoms with E-state index in [1.54, 1.807) is 0 Å². The lowest BCUT2D eigenvalue weighted by atomic mass is 9.89. The summed E-state index contributed by atoms with van der Waals surface area (Å²) in [5.74, 6) is 5.77. The van der Waals surface area contributed by atoms with Crippen LogP contribution in [0.15, 0.2) is 35.5 Å². The van der Waals surface area contributed by atoms with E-state index in [0.29, 0.717) is 6.42 Å². The molecule has 0 aromatic heterocycles. The Labute approximate surface area is 129 Å². The molecule has 0 aromatic carbocycles. The van der Waals surface area contributed by atoms with Gasteiger partial charge in [-0.1, -0.05) is 47.3 Å². The van der Waals surface area contributed by atoms with Crippen LogP contribution < -0.4 is 0 Å². The van der Waals surface area contributed by atoms with Crippen LogP contribution in [-0.4, -0.2) is 22.4 Å². The molecule has 3 atom stereocenters. The molecule has 2 nitrogen and oxygen atoms in total. The molecule has 0 bridgehead atoms. The summed E-state index contributed by atoms with van der Waals surface area (Å²) in [6.45, 7) is 10.1. The van der Waals surface area contributed by atoms with Gasteiger partial charge in [-0.2, -0.15) is 0 Å². The molecule has 0 saturated heterocycles. The zero-order chi connectivity index (χ0) is 15.8. The third-order valence-corrected chi connectivity index (χ3v) is 3.93. The second kappa shape index (κ2) is 8.87. The summed E-state index contributed by atoms with van der Waals surface area (Å²) in [6, 6.07) is 0. The zero-order valence-electron chi connectivity index (χ0n) is 13.5. The minimum absolute atomic E-state index is 0.00166. The average molecular weight is 288 g/mol. The Hall–Kier alpha value is -1.30. The topological polar surface area (TPSA) is 40.5 Å². The maximum Gasteiger partial charge on any atom is 0.121 e. The van der Waals surface area contributed by atoms with Gasteiger partial charge >= 0.3 is 0 Å². The van der Waals surface area contributed by atoms with Gasteiger partial charge in [0.15, 0.2) is 0 Å². The van der Waals surface area contributed by atoms with Crippen molar-refractivity contribution in [2.45, 2.75) is 65.1 Å². The van der Waals surface area contributed by atoms with Crippen molar-refractivity contribution < 1.29 is 10.2 Å². The molecular formula is C19H28O2. The molecule has 1 aliphatic carbocycles. The van der Waals surface area contributed by atoms with Gasteiger partial charge in [0.2, 0.25) is 0 Å². The van der Waals surface area contributed by atoms with Crippen LogP contribution in [0.3, 0.4) is 0 Å². The van der Waals surface area contributed by atoms with Crippen LogP contribution in [0.25, 0.3) is 0 Å². The highest BCUT2D eigenvalue weighted by Gasteiger charge is 2.18. The fourth-order valence-electron chi connectivity index (χ4n) is 2.54. The Kier molecular flexibility index (Phi) is 7.50. The fourth-order valence-corrected chi connectivity index (χ4v) is 2.54. The molecule has 21 heavy (non-hydrogen) atoms.